The Bertz CT molecular complexity index is 1600. The number of aromatic amines is 1. The molecule has 1 atom stereocenters. The fourth-order valence-corrected chi connectivity index (χ4v) is 4.26. The molecule has 7 nitrogen and oxygen atoms in total. The third-order valence-electron chi connectivity index (χ3n) is 5.80. The molecule has 3 N–H and O–H groups in total. The Labute approximate surface area is 183 Å². The molecule has 0 aliphatic heterocycles. The number of hydrogen-bond donors (Lipinski definition) is 2. The van der Waals surface area contributed by atoms with Gasteiger partial charge in [0.05, 0.1) is 28.5 Å². The molecule has 2 aromatic heterocycles. The monoisotopic (exact) mass is 420 g/mol. The van der Waals surface area contributed by atoms with Crippen molar-refractivity contribution >= 4 is 21.5 Å². The molecule has 7 heteroatoms. The van der Waals surface area contributed by atoms with Crippen molar-refractivity contribution in [2.24, 2.45) is 12.8 Å². The summed E-state index contributed by atoms with van der Waals surface area (Å²) < 4.78 is 1.77. The number of nitrogens with one attached hydrogen (secondary N) is 1. The molecule has 5 aromatic rings. The Morgan fingerprint density at radius 1 is 1.06 bits per heavy atom. The van der Waals surface area contributed by atoms with E-state index in [1.54, 1.807) is 16.9 Å². The molecule has 0 amide bonds. The third-order valence-corrected chi connectivity index (χ3v) is 5.80. The molecule has 0 aliphatic carbocycles. The van der Waals surface area contributed by atoms with Crippen molar-refractivity contribution in [2.45, 2.75) is 13.0 Å². The summed E-state index contributed by atoms with van der Waals surface area (Å²) in [5.74, 6) is 0. The van der Waals surface area contributed by atoms with Gasteiger partial charge in [-0.1, -0.05) is 42.5 Å². The number of aromatic nitrogens is 4. The van der Waals surface area contributed by atoms with E-state index in [-0.39, 0.29) is 11.6 Å². The highest BCUT2D eigenvalue weighted by atomic mass is 16.1. The van der Waals surface area contributed by atoms with E-state index in [1.165, 1.54) is 0 Å². The first kappa shape index (κ1) is 19.7. The molecule has 156 valence electrons. The standard InChI is InChI=1S/C25H20N6O/c1-14(27)23-20-11-16(8-10-19(20)25(32)30-29-23)22-13-28-31(2)24(22)18-9-7-15-5-3-4-6-17(15)21(18)12-26/h3-11,13-14H,27H2,1-2H3,(H,30,32)/t14-/m0/s1. The number of fused-ring (bicyclic) bond motifs is 2. The summed E-state index contributed by atoms with van der Waals surface area (Å²) in [6.07, 6.45) is 1.78. The van der Waals surface area contributed by atoms with E-state index in [1.807, 2.05) is 62.5 Å². The molecular formula is C25H20N6O. The average Bonchev–Trinajstić information content (AvgIpc) is 3.19. The minimum atomic E-state index is -0.344. The summed E-state index contributed by atoms with van der Waals surface area (Å²) in [5.41, 5.74) is 10.4. The molecule has 0 radical (unpaired) electrons. The van der Waals surface area contributed by atoms with Crippen molar-refractivity contribution in [3.8, 4) is 28.5 Å². The second-order valence-corrected chi connectivity index (χ2v) is 7.84. The van der Waals surface area contributed by atoms with Crippen molar-refractivity contribution in [2.75, 3.05) is 0 Å². The minimum Gasteiger partial charge on any atom is -0.323 e. The Hall–Kier alpha value is -4.28. The summed E-state index contributed by atoms with van der Waals surface area (Å²) in [5, 5.41) is 24.3. The zero-order chi connectivity index (χ0) is 22.4. The lowest BCUT2D eigenvalue weighted by atomic mass is 9.93. The van der Waals surface area contributed by atoms with Gasteiger partial charge in [0.2, 0.25) is 0 Å². The first-order valence-corrected chi connectivity index (χ1v) is 10.2. The van der Waals surface area contributed by atoms with Gasteiger partial charge in [-0.15, -0.1) is 0 Å². The van der Waals surface area contributed by atoms with Gasteiger partial charge in [-0.2, -0.15) is 15.5 Å². The number of nitrogens with two attached hydrogens (primary N) is 1. The molecule has 0 aliphatic rings. The van der Waals surface area contributed by atoms with Gasteiger partial charge in [0.1, 0.15) is 6.07 Å². The van der Waals surface area contributed by atoms with Gasteiger partial charge in [-0.05, 0) is 30.0 Å². The van der Waals surface area contributed by atoms with Crippen LogP contribution in [0, 0.1) is 11.3 Å². The van der Waals surface area contributed by atoms with E-state index in [9.17, 15) is 10.1 Å². The Morgan fingerprint density at radius 3 is 2.66 bits per heavy atom. The molecule has 3 aromatic carbocycles. The topological polar surface area (TPSA) is 113 Å². The van der Waals surface area contributed by atoms with Gasteiger partial charge < -0.3 is 5.73 Å². The summed E-state index contributed by atoms with van der Waals surface area (Å²) in [6, 6.07) is 19.4. The highest BCUT2D eigenvalue weighted by molar-refractivity contribution is 5.97. The summed E-state index contributed by atoms with van der Waals surface area (Å²) >= 11 is 0. The molecule has 0 spiro atoms. The molecular weight excluding hydrogens is 400 g/mol. The van der Waals surface area contributed by atoms with E-state index in [0.29, 0.717) is 22.0 Å². The van der Waals surface area contributed by atoms with Gasteiger partial charge in [-0.25, -0.2) is 5.10 Å². The zero-order valence-electron chi connectivity index (χ0n) is 17.6. The maximum absolute atomic E-state index is 12.3. The predicted octanol–water partition coefficient (Wildman–Crippen LogP) is 4.04. The summed E-state index contributed by atoms with van der Waals surface area (Å²) in [6.45, 7) is 1.83. The van der Waals surface area contributed by atoms with Gasteiger partial charge in [0.15, 0.2) is 0 Å². The lowest BCUT2D eigenvalue weighted by molar-refractivity contribution is 0.759. The Kier molecular flexibility index (Phi) is 4.58. The predicted molar refractivity (Wildman–Crippen MR) is 125 cm³/mol. The average molecular weight is 420 g/mol. The van der Waals surface area contributed by atoms with Crippen LogP contribution >= 0.6 is 0 Å². The van der Waals surface area contributed by atoms with Crippen LogP contribution in [0.2, 0.25) is 0 Å². The number of rotatable bonds is 3. The van der Waals surface area contributed by atoms with Crippen LogP contribution in [-0.2, 0) is 7.05 Å². The minimum absolute atomic E-state index is 0.261. The normalized spacial score (nSPS) is 12.2. The molecule has 0 bridgehead atoms. The van der Waals surface area contributed by atoms with Crippen LogP contribution in [0.25, 0.3) is 43.9 Å². The van der Waals surface area contributed by atoms with Crippen molar-refractivity contribution in [3.05, 3.63) is 82.4 Å². The molecule has 0 fully saturated rings. The van der Waals surface area contributed by atoms with Gasteiger partial charge in [0, 0.05) is 35.0 Å². The second-order valence-electron chi connectivity index (χ2n) is 7.84. The molecule has 0 unspecified atom stereocenters. The van der Waals surface area contributed by atoms with Crippen LogP contribution in [0.4, 0.5) is 0 Å². The third kappa shape index (κ3) is 2.97. The van der Waals surface area contributed by atoms with Crippen LogP contribution in [0.5, 0.6) is 0 Å². The Morgan fingerprint density at radius 2 is 1.88 bits per heavy atom. The van der Waals surface area contributed by atoms with E-state index in [0.717, 1.165) is 33.2 Å². The first-order chi connectivity index (χ1) is 15.5. The number of nitrogens with zero attached hydrogens (tertiary/aromatic N) is 4. The maximum Gasteiger partial charge on any atom is 0.272 e. The quantitative estimate of drug-likeness (QED) is 0.457. The van der Waals surface area contributed by atoms with Crippen LogP contribution in [0.1, 0.15) is 24.2 Å². The van der Waals surface area contributed by atoms with Crippen molar-refractivity contribution in [1.82, 2.24) is 20.0 Å². The molecule has 2 heterocycles. The van der Waals surface area contributed by atoms with Gasteiger partial charge >= 0.3 is 0 Å². The van der Waals surface area contributed by atoms with Crippen molar-refractivity contribution in [1.29, 1.82) is 5.26 Å². The van der Waals surface area contributed by atoms with Gasteiger partial charge in [-0.3, -0.25) is 9.48 Å². The van der Waals surface area contributed by atoms with Crippen LogP contribution < -0.4 is 11.3 Å². The van der Waals surface area contributed by atoms with Crippen LogP contribution in [0.15, 0.2) is 65.6 Å². The number of nitriles is 1. The smallest absolute Gasteiger partial charge is 0.272 e. The lowest BCUT2D eigenvalue weighted by Gasteiger charge is -2.12. The highest BCUT2D eigenvalue weighted by Crippen LogP contribution is 2.37. The number of aryl methyl sites for hydroxylation is 1. The lowest BCUT2D eigenvalue weighted by Crippen LogP contribution is -2.16. The molecule has 32 heavy (non-hydrogen) atoms. The fraction of sp³-hybridized carbons (Fsp3) is 0.120. The summed E-state index contributed by atoms with van der Waals surface area (Å²) in [7, 11) is 1.86. The van der Waals surface area contributed by atoms with E-state index < -0.39 is 0 Å². The fourth-order valence-electron chi connectivity index (χ4n) is 4.26. The van der Waals surface area contributed by atoms with Crippen LogP contribution in [0.3, 0.4) is 0 Å². The number of H-pyrrole nitrogens is 1. The first-order valence-electron chi connectivity index (χ1n) is 10.2. The van der Waals surface area contributed by atoms with E-state index in [4.69, 9.17) is 5.73 Å². The largest absolute Gasteiger partial charge is 0.323 e. The van der Waals surface area contributed by atoms with Crippen LogP contribution in [-0.4, -0.2) is 20.0 Å². The second kappa shape index (κ2) is 7.45. The highest BCUT2D eigenvalue weighted by Gasteiger charge is 2.19. The number of hydrogen-bond acceptors (Lipinski definition) is 5. The number of benzene rings is 3. The summed E-state index contributed by atoms with van der Waals surface area (Å²) in [4.78, 5) is 12.3. The Balaban J connectivity index is 1.79. The van der Waals surface area contributed by atoms with Crippen molar-refractivity contribution in [3.63, 3.8) is 0 Å². The SMILES string of the molecule is C[C@H](N)c1n[nH]c(=O)c2ccc(-c3cnn(C)c3-c3ccc4ccccc4c3C#N)cc12. The maximum atomic E-state index is 12.3. The molecule has 0 saturated heterocycles. The van der Waals surface area contributed by atoms with Crippen molar-refractivity contribution < 1.29 is 0 Å². The molecule has 0 saturated carbocycles. The van der Waals surface area contributed by atoms with Gasteiger partial charge in [0.25, 0.3) is 5.56 Å². The van der Waals surface area contributed by atoms with E-state index >= 15 is 0 Å². The zero-order valence-corrected chi connectivity index (χ0v) is 17.6. The van der Waals surface area contributed by atoms with E-state index in [2.05, 4.69) is 21.4 Å². The molecule has 5 rings (SSSR count).